The molecular weight excluding hydrogens is 480 g/mol. The van der Waals surface area contributed by atoms with Crippen LogP contribution in [-0.4, -0.2) is 21.9 Å². The highest BCUT2D eigenvalue weighted by atomic mass is 79.9. The normalized spacial score (nSPS) is 11.3. The summed E-state index contributed by atoms with van der Waals surface area (Å²) in [6.45, 7) is 2.04. The summed E-state index contributed by atoms with van der Waals surface area (Å²) in [6, 6.07) is 25.2. The predicted octanol–water partition coefficient (Wildman–Crippen LogP) is 6.12. The molecule has 5 rings (SSSR count). The van der Waals surface area contributed by atoms with Crippen molar-refractivity contribution in [3.05, 3.63) is 106 Å². The zero-order valence-electron chi connectivity index (χ0n) is 17.7. The van der Waals surface area contributed by atoms with Crippen LogP contribution in [0.25, 0.3) is 27.9 Å². The molecule has 0 aliphatic rings. The molecule has 0 unspecified atom stereocenters. The molecule has 3 aromatic carbocycles. The highest BCUT2D eigenvalue weighted by Gasteiger charge is 2.14. The van der Waals surface area contributed by atoms with Crippen LogP contribution in [0.3, 0.4) is 0 Å². The molecule has 162 valence electrons. The number of fused-ring (bicyclic) bond motifs is 1. The third kappa shape index (κ3) is 4.49. The second kappa shape index (κ2) is 8.88. The van der Waals surface area contributed by atoms with E-state index in [2.05, 4.69) is 32.5 Å². The summed E-state index contributed by atoms with van der Waals surface area (Å²) >= 11 is 3.42. The number of carbonyl (C=O) groups is 1. The first-order chi connectivity index (χ1) is 16.1. The van der Waals surface area contributed by atoms with Crippen LogP contribution in [0.2, 0.25) is 0 Å². The number of aryl methyl sites for hydroxylation is 1. The summed E-state index contributed by atoms with van der Waals surface area (Å²) in [5.41, 5.74) is 7.78. The van der Waals surface area contributed by atoms with Gasteiger partial charge in [0.05, 0.1) is 11.9 Å². The summed E-state index contributed by atoms with van der Waals surface area (Å²) < 4.78 is 8.35. The van der Waals surface area contributed by atoms with Crippen LogP contribution < -0.4 is 5.43 Å². The highest BCUT2D eigenvalue weighted by molar-refractivity contribution is 9.10. The Balaban J connectivity index is 1.43. The maximum atomic E-state index is 12.6. The lowest BCUT2D eigenvalue weighted by Gasteiger charge is -2.01. The molecule has 0 aliphatic carbocycles. The fraction of sp³-hybridized carbons (Fsp3) is 0.0385. The van der Waals surface area contributed by atoms with Crippen molar-refractivity contribution in [2.24, 2.45) is 5.10 Å². The number of nitrogens with zero attached hydrogens (tertiary/aromatic N) is 3. The second-order valence-corrected chi connectivity index (χ2v) is 8.49. The van der Waals surface area contributed by atoms with Gasteiger partial charge in [-0.2, -0.15) is 10.2 Å². The van der Waals surface area contributed by atoms with Gasteiger partial charge in [0.15, 0.2) is 5.76 Å². The van der Waals surface area contributed by atoms with Crippen LogP contribution in [0.1, 0.15) is 21.7 Å². The number of carbonyl (C=O) groups excluding carboxylic acids is 1. The fourth-order valence-electron chi connectivity index (χ4n) is 3.55. The standard InChI is InChI=1S/C26H19BrN4O2/c1-17-6-5-7-18(12-17)25-20(16-31(30-25)22-8-3-2-4-9-22)15-28-29-26(32)24-14-19-13-21(27)10-11-23(19)33-24/h2-16H,1H3,(H,29,32). The molecule has 0 spiro atoms. The number of aromatic nitrogens is 2. The lowest BCUT2D eigenvalue weighted by atomic mass is 10.1. The van der Waals surface area contributed by atoms with Gasteiger partial charge >= 0.3 is 5.91 Å². The van der Waals surface area contributed by atoms with E-state index in [0.717, 1.165) is 37.9 Å². The van der Waals surface area contributed by atoms with E-state index in [9.17, 15) is 4.79 Å². The summed E-state index contributed by atoms with van der Waals surface area (Å²) in [7, 11) is 0. The minimum absolute atomic E-state index is 0.194. The van der Waals surface area contributed by atoms with Gasteiger partial charge in [-0.25, -0.2) is 10.1 Å². The average molecular weight is 499 g/mol. The minimum Gasteiger partial charge on any atom is -0.451 e. The van der Waals surface area contributed by atoms with Crippen molar-refractivity contribution in [3.8, 4) is 16.9 Å². The number of hydrogen-bond donors (Lipinski definition) is 1. The molecule has 2 heterocycles. The average Bonchev–Trinajstić information content (AvgIpc) is 3.44. The van der Waals surface area contributed by atoms with Gasteiger partial charge in [0.25, 0.3) is 0 Å². The number of rotatable bonds is 5. The highest BCUT2D eigenvalue weighted by Crippen LogP contribution is 2.25. The van der Waals surface area contributed by atoms with E-state index in [-0.39, 0.29) is 5.76 Å². The molecule has 0 radical (unpaired) electrons. The SMILES string of the molecule is Cc1cccc(-c2nn(-c3ccccc3)cc2C=NNC(=O)c2cc3cc(Br)ccc3o2)c1. The molecule has 1 amide bonds. The number of halogens is 1. The van der Waals surface area contributed by atoms with Gasteiger partial charge in [-0.1, -0.05) is 57.9 Å². The van der Waals surface area contributed by atoms with Crippen LogP contribution in [0.15, 0.2) is 99.1 Å². The summed E-state index contributed by atoms with van der Waals surface area (Å²) in [4.78, 5) is 12.6. The third-order valence-electron chi connectivity index (χ3n) is 5.13. The Hall–Kier alpha value is -3.97. The summed E-state index contributed by atoms with van der Waals surface area (Å²) in [5.74, 6) is -0.231. The molecule has 0 saturated heterocycles. The lowest BCUT2D eigenvalue weighted by Crippen LogP contribution is -2.16. The number of amides is 1. The minimum atomic E-state index is -0.425. The quantitative estimate of drug-likeness (QED) is 0.234. The largest absolute Gasteiger partial charge is 0.451 e. The van der Waals surface area contributed by atoms with Gasteiger partial charge in [0.2, 0.25) is 0 Å². The molecule has 0 bridgehead atoms. The van der Waals surface area contributed by atoms with E-state index >= 15 is 0 Å². The van der Waals surface area contributed by atoms with Gasteiger partial charge in [-0.05, 0) is 49.4 Å². The number of benzene rings is 3. The first kappa shape index (κ1) is 20.9. The van der Waals surface area contributed by atoms with Gasteiger partial charge in [0, 0.05) is 27.2 Å². The van der Waals surface area contributed by atoms with Crippen molar-refractivity contribution in [1.82, 2.24) is 15.2 Å². The Morgan fingerprint density at radius 3 is 2.73 bits per heavy atom. The van der Waals surface area contributed by atoms with E-state index in [1.165, 1.54) is 0 Å². The van der Waals surface area contributed by atoms with E-state index in [1.807, 2.05) is 79.9 Å². The van der Waals surface area contributed by atoms with E-state index in [0.29, 0.717) is 5.58 Å². The van der Waals surface area contributed by atoms with Crippen molar-refractivity contribution in [3.63, 3.8) is 0 Å². The fourth-order valence-corrected chi connectivity index (χ4v) is 3.93. The summed E-state index contributed by atoms with van der Waals surface area (Å²) in [6.07, 6.45) is 3.49. The molecule has 6 nitrogen and oxygen atoms in total. The van der Waals surface area contributed by atoms with Gasteiger partial charge < -0.3 is 4.42 Å². The molecular formula is C26H19BrN4O2. The molecule has 33 heavy (non-hydrogen) atoms. The molecule has 0 atom stereocenters. The van der Waals surface area contributed by atoms with E-state index in [1.54, 1.807) is 17.0 Å². The van der Waals surface area contributed by atoms with Crippen molar-refractivity contribution < 1.29 is 9.21 Å². The topological polar surface area (TPSA) is 72.4 Å². The van der Waals surface area contributed by atoms with Crippen molar-refractivity contribution in [1.29, 1.82) is 0 Å². The van der Waals surface area contributed by atoms with Gasteiger partial charge in [0.1, 0.15) is 11.3 Å². The van der Waals surface area contributed by atoms with E-state index < -0.39 is 5.91 Å². The number of furan rings is 1. The Kier molecular flexibility index (Phi) is 5.62. The smallest absolute Gasteiger partial charge is 0.307 e. The zero-order chi connectivity index (χ0) is 22.8. The molecule has 5 aromatic rings. The molecule has 0 aliphatic heterocycles. The first-order valence-electron chi connectivity index (χ1n) is 10.3. The van der Waals surface area contributed by atoms with E-state index in [4.69, 9.17) is 9.52 Å². The third-order valence-corrected chi connectivity index (χ3v) is 5.62. The lowest BCUT2D eigenvalue weighted by molar-refractivity contribution is 0.0929. The zero-order valence-corrected chi connectivity index (χ0v) is 19.3. The first-order valence-corrected chi connectivity index (χ1v) is 11.1. The van der Waals surface area contributed by atoms with Crippen LogP contribution in [0.4, 0.5) is 0 Å². The second-order valence-electron chi connectivity index (χ2n) is 7.57. The van der Waals surface area contributed by atoms with Crippen LogP contribution >= 0.6 is 15.9 Å². The Morgan fingerprint density at radius 2 is 1.91 bits per heavy atom. The van der Waals surface area contributed by atoms with Crippen molar-refractivity contribution in [2.45, 2.75) is 6.92 Å². The Bertz CT molecular complexity index is 1490. The Morgan fingerprint density at radius 1 is 1.06 bits per heavy atom. The van der Waals surface area contributed by atoms with Gasteiger partial charge in [-0.3, -0.25) is 4.79 Å². The monoisotopic (exact) mass is 498 g/mol. The van der Waals surface area contributed by atoms with Crippen LogP contribution in [0, 0.1) is 6.92 Å². The number of hydrazone groups is 1. The van der Waals surface area contributed by atoms with Crippen LogP contribution in [-0.2, 0) is 0 Å². The maximum Gasteiger partial charge on any atom is 0.307 e. The molecule has 0 saturated carbocycles. The van der Waals surface area contributed by atoms with Crippen molar-refractivity contribution >= 4 is 39.0 Å². The van der Waals surface area contributed by atoms with Gasteiger partial charge in [-0.15, -0.1) is 0 Å². The van der Waals surface area contributed by atoms with Crippen molar-refractivity contribution in [2.75, 3.05) is 0 Å². The maximum absolute atomic E-state index is 12.6. The molecule has 1 N–H and O–H groups in total. The summed E-state index contributed by atoms with van der Waals surface area (Å²) in [5, 5.41) is 9.79. The number of hydrogen-bond acceptors (Lipinski definition) is 4. The number of para-hydroxylation sites is 1. The number of nitrogens with one attached hydrogen (secondary N) is 1. The molecule has 0 fully saturated rings. The molecule has 7 heteroatoms. The predicted molar refractivity (Wildman–Crippen MR) is 133 cm³/mol. The molecule has 2 aromatic heterocycles. The van der Waals surface area contributed by atoms with Crippen LogP contribution in [0.5, 0.6) is 0 Å². The Labute approximate surface area is 198 Å².